The second-order valence-corrected chi connectivity index (χ2v) is 6.39. The van der Waals surface area contributed by atoms with Gasteiger partial charge in [-0.15, -0.1) is 0 Å². The number of benzene rings is 1. The largest absolute Gasteiger partial charge is 0.381 e. The van der Waals surface area contributed by atoms with Crippen LogP contribution in [0.25, 0.3) is 0 Å². The van der Waals surface area contributed by atoms with E-state index in [0.29, 0.717) is 18.1 Å². The van der Waals surface area contributed by atoms with E-state index in [9.17, 15) is 23.5 Å². The number of amides is 2. The van der Waals surface area contributed by atoms with Gasteiger partial charge in [0.1, 0.15) is 6.04 Å². The number of carbonyl (C=O) groups excluding carboxylic acids is 2. The highest BCUT2D eigenvalue weighted by molar-refractivity contribution is 5.97. The lowest BCUT2D eigenvalue weighted by molar-refractivity contribution is -0.149. The molecule has 0 bridgehead atoms. The molecule has 0 fully saturated rings. The van der Waals surface area contributed by atoms with Crippen LogP contribution < -0.4 is 10.8 Å². The Morgan fingerprint density at radius 1 is 1.17 bits per heavy atom. The molecule has 0 saturated heterocycles. The second kappa shape index (κ2) is 9.65. The molecule has 2 atom stereocenters. The number of aromatic nitrogens is 2. The Kier molecular flexibility index (Phi) is 7.26. The summed E-state index contributed by atoms with van der Waals surface area (Å²) in [5.74, 6) is 8.61. The van der Waals surface area contributed by atoms with Crippen LogP contribution in [0.15, 0.2) is 36.7 Å². The normalized spacial score (nSPS) is 13.2. The molecule has 2 aromatic rings. The van der Waals surface area contributed by atoms with Crippen molar-refractivity contribution in [3.63, 3.8) is 0 Å². The average molecular weight is 416 g/mol. The van der Waals surface area contributed by atoms with E-state index in [1.807, 2.05) is 5.32 Å². The summed E-state index contributed by atoms with van der Waals surface area (Å²) in [5.41, 5.74) is -0.475. The predicted molar refractivity (Wildman–Crippen MR) is 101 cm³/mol. The number of nitrogens with one attached hydrogen (secondary N) is 2. The minimum atomic E-state index is -3.36. The standard InChI is InChI=1S/C20H18F2N4O4/c1-20(29,19(21)22)16(18(28)25-30)24-17(27)15-9-7-13(8-10-15)5-3-4-6-14-11-23-26(2)12-14/h7-12,16,19,29-30H,1-2H3,(H,24,27)(H,25,28). The van der Waals surface area contributed by atoms with Gasteiger partial charge in [0, 0.05) is 24.4 Å². The Morgan fingerprint density at radius 2 is 1.77 bits per heavy atom. The maximum Gasteiger partial charge on any atom is 0.269 e. The first kappa shape index (κ1) is 22.6. The van der Waals surface area contributed by atoms with Crippen LogP contribution in [-0.4, -0.2) is 50.0 Å². The highest BCUT2D eigenvalue weighted by atomic mass is 19.3. The zero-order valence-electron chi connectivity index (χ0n) is 16.0. The van der Waals surface area contributed by atoms with Crippen molar-refractivity contribution in [3.8, 4) is 23.7 Å². The number of rotatable bonds is 5. The number of carbonyl (C=O) groups is 2. The molecule has 30 heavy (non-hydrogen) atoms. The molecule has 0 aliphatic rings. The van der Waals surface area contributed by atoms with E-state index in [1.165, 1.54) is 24.3 Å². The van der Waals surface area contributed by atoms with E-state index in [0.717, 1.165) is 5.48 Å². The van der Waals surface area contributed by atoms with Crippen molar-refractivity contribution >= 4 is 11.8 Å². The average Bonchev–Trinajstić information content (AvgIpc) is 3.13. The molecule has 2 unspecified atom stereocenters. The third-order valence-electron chi connectivity index (χ3n) is 4.00. The van der Waals surface area contributed by atoms with Gasteiger partial charge in [0.05, 0.1) is 11.8 Å². The van der Waals surface area contributed by atoms with Gasteiger partial charge >= 0.3 is 0 Å². The molecule has 1 aromatic carbocycles. The third-order valence-corrected chi connectivity index (χ3v) is 4.00. The Hall–Kier alpha value is -3.73. The van der Waals surface area contributed by atoms with Crippen molar-refractivity contribution in [2.24, 2.45) is 7.05 Å². The lowest BCUT2D eigenvalue weighted by Crippen LogP contribution is -2.61. The number of aliphatic hydroxyl groups is 1. The summed E-state index contributed by atoms with van der Waals surface area (Å²) in [6.07, 6.45) is -0.0270. The summed E-state index contributed by atoms with van der Waals surface area (Å²) in [6.45, 7) is 0.670. The minimum absolute atomic E-state index is 0.0304. The summed E-state index contributed by atoms with van der Waals surface area (Å²) in [5, 5.41) is 24.5. The third kappa shape index (κ3) is 5.64. The fourth-order valence-electron chi connectivity index (χ4n) is 2.28. The van der Waals surface area contributed by atoms with Crippen LogP contribution in [0.1, 0.15) is 28.4 Å². The zero-order valence-corrected chi connectivity index (χ0v) is 16.0. The van der Waals surface area contributed by atoms with Crippen molar-refractivity contribution in [2.45, 2.75) is 25.0 Å². The summed E-state index contributed by atoms with van der Waals surface area (Å²) in [4.78, 5) is 23.9. The number of nitrogens with zero attached hydrogens (tertiary/aromatic N) is 2. The quantitative estimate of drug-likeness (QED) is 0.321. The lowest BCUT2D eigenvalue weighted by atomic mass is 9.95. The molecule has 10 heteroatoms. The van der Waals surface area contributed by atoms with Gasteiger partial charge in [0.2, 0.25) is 0 Å². The highest BCUT2D eigenvalue weighted by Crippen LogP contribution is 2.20. The Labute approximate surface area is 170 Å². The maximum atomic E-state index is 13.0. The number of hydroxylamine groups is 1. The SMILES string of the molecule is Cn1cc(C#CC#Cc2ccc(C(=O)NC(C(=O)NO)C(C)(O)C(F)F)cc2)cn1. The monoisotopic (exact) mass is 416 g/mol. The van der Waals surface area contributed by atoms with E-state index in [2.05, 4.69) is 28.8 Å². The van der Waals surface area contributed by atoms with Gasteiger partial charge in [-0.2, -0.15) is 5.10 Å². The van der Waals surface area contributed by atoms with Crippen molar-refractivity contribution < 1.29 is 28.7 Å². The van der Waals surface area contributed by atoms with E-state index in [1.54, 1.807) is 24.1 Å². The van der Waals surface area contributed by atoms with Crippen LogP contribution in [0.3, 0.4) is 0 Å². The topological polar surface area (TPSA) is 116 Å². The fraction of sp³-hybridized carbons (Fsp3) is 0.250. The number of halogens is 2. The maximum absolute atomic E-state index is 13.0. The molecule has 2 amide bonds. The number of hydrogen-bond acceptors (Lipinski definition) is 5. The Bertz CT molecular complexity index is 1040. The minimum Gasteiger partial charge on any atom is -0.381 e. The molecule has 0 saturated carbocycles. The second-order valence-electron chi connectivity index (χ2n) is 6.39. The smallest absolute Gasteiger partial charge is 0.269 e. The van der Waals surface area contributed by atoms with E-state index in [4.69, 9.17) is 5.21 Å². The molecule has 1 heterocycles. The van der Waals surface area contributed by atoms with Crippen LogP contribution >= 0.6 is 0 Å². The van der Waals surface area contributed by atoms with Gasteiger partial charge in [0.15, 0.2) is 5.60 Å². The predicted octanol–water partition coefficient (Wildman–Crippen LogP) is 0.443. The molecular weight excluding hydrogens is 398 g/mol. The van der Waals surface area contributed by atoms with Crippen molar-refractivity contribution in [2.75, 3.05) is 0 Å². The molecule has 156 valence electrons. The van der Waals surface area contributed by atoms with Crippen LogP contribution in [0.2, 0.25) is 0 Å². The Balaban J connectivity index is 2.10. The van der Waals surface area contributed by atoms with Gasteiger partial charge in [-0.25, -0.2) is 14.3 Å². The molecule has 2 rings (SSSR count). The van der Waals surface area contributed by atoms with Gasteiger partial charge < -0.3 is 10.4 Å². The summed E-state index contributed by atoms with van der Waals surface area (Å²) in [6, 6.07) is 3.63. The molecule has 0 radical (unpaired) electrons. The number of hydrogen-bond donors (Lipinski definition) is 4. The van der Waals surface area contributed by atoms with Gasteiger partial charge in [-0.05, 0) is 49.0 Å². The van der Waals surface area contributed by atoms with E-state index in [-0.39, 0.29) is 5.56 Å². The Morgan fingerprint density at radius 3 is 2.27 bits per heavy atom. The van der Waals surface area contributed by atoms with Crippen LogP contribution in [0, 0.1) is 23.7 Å². The molecule has 8 nitrogen and oxygen atoms in total. The van der Waals surface area contributed by atoms with Crippen LogP contribution in [-0.2, 0) is 11.8 Å². The van der Waals surface area contributed by atoms with Crippen molar-refractivity contribution in [3.05, 3.63) is 53.3 Å². The first-order valence-corrected chi connectivity index (χ1v) is 8.51. The van der Waals surface area contributed by atoms with Crippen molar-refractivity contribution in [1.29, 1.82) is 0 Å². The van der Waals surface area contributed by atoms with Crippen LogP contribution in [0.4, 0.5) is 8.78 Å². The van der Waals surface area contributed by atoms with Gasteiger partial charge in [0.25, 0.3) is 18.2 Å². The molecule has 4 N–H and O–H groups in total. The number of alkyl halides is 2. The first-order chi connectivity index (χ1) is 14.1. The molecule has 0 aliphatic heterocycles. The highest BCUT2D eigenvalue weighted by Gasteiger charge is 2.46. The van der Waals surface area contributed by atoms with E-state index < -0.39 is 29.9 Å². The molecule has 1 aromatic heterocycles. The summed E-state index contributed by atoms with van der Waals surface area (Å²) in [7, 11) is 1.77. The summed E-state index contributed by atoms with van der Waals surface area (Å²) >= 11 is 0. The van der Waals surface area contributed by atoms with Gasteiger partial charge in [-0.1, -0.05) is 5.92 Å². The molecule has 0 aliphatic carbocycles. The fourth-order valence-corrected chi connectivity index (χ4v) is 2.28. The molecular formula is C20H18F2N4O4. The van der Waals surface area contributed by atoms with Gasteiger partial charge in [-0.3, -0.25) is 19.5 Å². The molecule has 0 spiro atoms. The summed E-state index contributed by atoms with van der Waals surface area (Å²) < 4.78 is 27.7. The lowest BCUT2D eigenvalue weighted by Gasteiger charge is -2.30. The number of aryl methyl sites for hydroxylation is 1. The van der Waals surface area contributed by atoms with Crippen molar-refractivity contribution in [1.82, 2.24) is 20.6 Å². The van der Waals surface area contributed by atoms with Crippen LogP contribution in [0.5, 0.6) is 0 Å². The zero-order chi connectivity index (χ0) is 22.3. The first-order valence-electron chi connectivity index (χ1n) is 8.51. The van der Waals surface area contributed by atoms with E-state index >= 15 is 0 Å².